The lowest BCUT2D eigenvalue weighted by atomic mass is 9.80. The van der Waals surface area contributed by atoms with E-state index in [9.17, 15) is 0 Å². The highest BCUT2D eigenvalue weighted by molar-refractivity contribution is 6.13. The van der Waals surface area contributed by atoms with Crippen LogP contribution in [0.25, 0.3) is 49.6 Å². The molecule has 6 aromatic carbocycles. The highest BCUT2D eigenvalue weighted by Gasteiger charge is 2.38. The van der Waals surface area contributed by atoms with Crippen LogP contribution in [0.15, 0.2) is 149 Å². The van der Waals surface area contributed by atoms with E-state index in [1.807, 2.05) is 6.07 Å². The summed E-state index contributed by atoms with van der Waals surface area (Å²) >= 11 is 0. The van der Waals surface area contributed by atoms with Crippen molar-refractivity contribution in [1.82, 2.24) is 0 Å². The number of rotatable bonds is 2. The molecule has 7 aromatic rings. The smallest absolute Gasteiger partial charge is 0.135 e. The van der Waals surface area contributed by atoms with Crippen LogP contribution in [0.2, 0.25) is 0 Å². The highest BCUT2D eigenvalue weighted by Crippen LogP contribution is 2.50. The van der Waals surface area contributed by atoms with Gasteiger partial charge < -0.3 is 9.32 Å². The molecule has 2 heteroatoms. The fourth-order valence-corrected chi connectivity index (χ4v) is 8.14. The van der Waals surface area contributed by atoms with E-state index in [0.29, 0.717) is 5.92 Å². The Morgan fingerprint density at radius 2 is 1.32 bits per heavy atom. The first-order valence-electron chi connectivity index (χ1n) is 15.6. The van der Waals surface area contributed by atoms with Crippen LogP contribution in [-0.2, 0) is 6.42 Å². The summed E-state index contributed by atoms with van der Waals surface area (Å²) in [6.45, 7) is 0. The van der Waals surface area contributed by atoms with Crippen molar-refractivity contribution >= 4 is 60.9 Å². The largest absolute Gasteiger partial charge is 0.456 e. The predicted molar refractivity (Wildman–Crippen MR) is 184 cm³/mol. The summed E-state index contributed by atoms with van der Waals surface area (Å²) in [6, 6.07) is 42.0. The minimum atomic E-state index is 0.230. The van der Waals surface area contributed by atoms with Crippen LogP contribution in [-0.4, -0.2) is 6.04 Å². The second-order valence-electron chi connectivity index (χ2n) is 12.4. The van der Waals surface area contributed by atoms with Crippen molar-refractivity contribution in [1.29, 1.82) is 0 Å². The van der Waals surface area contributed by atoms with Gasteiger partial charge in [0.15, 0.2) is 0 Å². The Bertz CT molecular complexity index is 2420. The van der Waals surface area contributed by atoms with Gasteiger partial charge in [-0.1, -0.05) is 109 Å². The Hall–Kier alpha value is -5.34. The second kappa shape index (κ2) is 9.08. The first-order valence-corrected chi connectivity index (χ1v) is 15.6. The molecule has 44 heavy (non-hydrogen) atoms. The number of anilines is 2. The highest BCUT2D eigenvalue weighted by atomic mass is 16.3. The van der Waals surface area contributed by atoms with Crippen LogP contribution in [0.1, 0.15) is 29.0 Å². The van der Waals surface area contributed by atoms with Crippen LogP contribution in [0.4, 0.5) is 11.4 Å². The lowest BCUT2D eigenvalue weighted by Crippen LogP contribution is -2.29. The fourth-order valence-electron chi connectivity index (χ4n) is 8.14. The number of benzene rings is 6. The lowest BCUT2D eigenvalue weighted by molar-refractivity contribution is 0.669. The van der Waals surface area contributed by atoms with Gasteiger partial charge in [0.25, 0.3) is 0 Å². The minimum absolute atomic E-state index is 0.230. The van der Waals surface area contributed by atoms with E-state index in [-0.39, 0.29) is 6.04 Å². The van der Waals surface area contributed by atoms with E-state index >= 15 is 0 Å². The van der Waals surface area contributed by atoms with Gasteiger partial charge in [-0.15, -0.1) is 0 Å². The number of hydrogen-bond acceptors (Lipinski definition) is 2. The molecule has 0 spiro atoms. The molecule has 2 aliphatic carbocycles. The molecule has 0 amide bonds. The van der Waals surface area contributed by atoms with Crippen LogP contribution >= 0.6 is 0 Å². The van der Waals surface area contributed by atoms with Crippen molar-refractivity contribution in [3.8, 4) is 0 Å². The SMILES string of the molecule is C1=CC2C(C=C1C1=Cc3c(c4ccccc4c4ccccc34)CC1)c1ccccc1N2c1ccc2oc3ccccc3c2c1. The van der Waals surface area contributed by atoms with Crippen LogP contribution < -0.4 is 4.90 Å². The molecule has 0 bridgehead atoms. The van der Waals surface area contributed by atoms with Gasteiger partial charge in [0.2, 0.25) is 0 Å². The number of fused-ring (bicyclic) bond motifs is 12. The molecule has 3 aliphatic rings. The van der Waals surface area contributed by atoms with Crippen LogP contribution in [0.3, 0.4) is 0 Å². The molecule has 0 N–H and O–H groups in total. The summed E-state index contributed by atoms with van der Waals surface area (Å²) in [5, 5.41) is 7.79. The molecule has 1 aliphatic heterocycles. The van der Waals surface area contributed by atoms with E-state index in [1.165, 1.54) is 71.5 Å². The molecule has 0 saturated carbocycles. The van der Waals surface area contributed by atoms with Crippen molar-refractivity contribution in [2.75, 3.05) is 4.90 Å². The van der Waals surface area contributed by atoms with Crippen molar-refractivity contribution in [2.45, 2.75) is 24.8 Å². The normalized spacial score (nSPS) is 18.9. The van der Waals surface area contributed by atoms with Gasteiger partial charge in [-0.3, -0.25) is 0 Å². The average Bonchev–Trinajstić information content (AvgIpc) is 3.63. The molecule has 10 rings (SSSR count). The average molecular weight is 564 g/mol. The van der Waals surface area contributed by atoms with Gasteiger partial charge in [0.1, 0.15) is 11.2 Å². The molecule has 0 radical (unpaired) electrons. The van der Waals surface area contributed by atoms with Gasteiger partial charge >= 0.3 is 0 Å². The summed E-state index contributed by atoms with van der Waals surface area (Å²) in [7, 11) is 0. The first kappa shape index (κ1) is 24.1. The molecular formula is C42H29NO. The van der Waals surface area contributed by atoms with Gasteiger partial charge in [0.05, 0.1) is 6.04 Å². The second-order valence-corrected chi connectivity index (χ2v) is 12.4. The van der Waals surface area contributed by atoms with E-state index in [4.69, 9.17) is 4.42 Å². The Labute approximate surface area is 255 Å². The monoisotopic (exact) mass is 563 g/mol. The molecule has 0 saturated heterocycles. The summed E-state index contributed by atoms with van der Waals surface area (Å²) in [4.78, 5) is 2.52. The summed E-state index contributed by atoms with van der Waals surface area (Å²) in [6.07, 6.45) is 12.0. The maximum Gasteiger partial charge on any atom is 0.135 e. The third kappa shape index (κ3) is 3.37. The zero-order valence-electron chi connectivity index (χ0n) is 24.2. The Morgan fingerprint density at radius 3 is 2.20 bits per heavy atom. The molecule has 0 fully saturated rings. The maximum absolute atomic E-state index is 6.15. The minimum Gasteiger partial charge on any atom is -0.456 e. The third-order valence-corrected chi connectivity index (χ3v) is 10.1. The van der Waals surface area contributed by atoms with Gasteiger partial charge in [-0.2, -0.15) is 0 Å². The van der Waals surface area contributed by atoms with E-state index in [2.05, 4.69) is 138 Å². The Balaban J connectivity index is 1.09. The number of para-hydroxylation sites is 2. The fraction of sp³-hybridized carbons (Fsp3) is 0.0952. The molecule has 208 valence electrons. The number of nitrogens with zero attached hydrogens (tertiary/aromatic N) is 1. The molecule has 2 unspecified atom stereocenters. The molecule has 1 aromatic heterocycles. The van der Waals surface area contributed by atoms with Gasteiger partial charge in [-0.25, -0.2) is 0 Å². The summed E-state index contributed by atoms with van der Waals surface area (Å²) < 4.78 is 6.15. The van der Waals surface area contributed by atoms with E-state index < -0.39 is 0 Å². The predicted octanol–water partition coefficient (Wildman–Crippen LogP) is 11.0. The number of allylic oxidation sites excluding steroid dienone is 3. The van der Waals surface area contributed by atoms with E-state index in [0.717, 1.165) is 24.0 Å². The van der Waals surface area contributed by atoms with Crippen molar-refractivity contribution in [2.24, 2.45) is 0 Å². The van der Waals surface area contributed by atoms with Gasteiger partial charge in [-0.05, 0) is 92.6 Å². The Morgan fingerprint density at radius 1 is 0.614 bits per heavy atom. The van der Waals surface area contributed by atoms with Crippen molar-refractivity contribution < 1.29 is 4.42 Å². The number of aryl methyl sites for hydroxylation is 1. The van der Waals surface area contributed by atoms with Crippen molar-refractivity contribution in [3.05, 3.63) is 161 Å². The summed E-state index contributed by atoms with van der Waals surface area (Å²) in [5.41, 5.74) is 11.4. The number of furan rings is 1. The Kier molecular flexibility index (Phi) is 4.98. The topological polar surface area (TPSA) is 16.4 Å². The molecular weight excluding hydrogens is 534 g/mol. The molecule has 2 nitrogen and oxygen atoms in total. The lowest BCUT2D eigenvalue weighted by Gasteiger charge is -2.30. The standard InChI is InChI=1S/C42H29NO/c1-2-11-31-29(9-1)30-10-3-4-12-32(30)36-23-26(17-20-33(31)36)27-18-21-40-37(24-27)34-13-5-7-15-39(34)43(40)28-19-22-42-38(25-28)35-14-6-8-16-41(35)44-42/h1-16,18-19,21-25,37,40H,17,20H2. The third-order valence-electron chi connectivity index (χ3n) is 10.1. The number of hydrogen-bond donors (Lipinski definition) is 0. The van der Waals surface area contributed by atoms with Gasteiger partial charge in [0, 0.05) is 28.1 Å². The zero-order valence-corrected chi connectivity index (χ0v) is 24.2. The molecule has 2 atom stereocenters. The quantitative estimate of drug-likeness (QED) is 0.195. The van der Waals surface area contributed by atoms with E-state index in [1.54, 1.807) is 0 Å². The maximum atomic E-state index is 6.15. The van der Waals surface area contributed by atoms with Crippen LogP contribution in [0, 0.1) is 0 Å². The first-order chi connectivity index (χ1) is 21.8. The van der Waals surface area contributed by atoms with Crippen LogP contribution in [0.5, 0.6) is 0 Å². The van der Waals surface area contributed by atoms with Crippen molar-refractivity contribution in [3.63, 3.8) is 0 Å². The molecule has 2 heterocycles. The summed E-state index contributed by atoms with van der Waals surface area (Å²) in [5.74, 6) is 0.290. The zero-order chi connectivity index (χ0) is 28.8.